The summed E-state index contributed by atoms with van der Waals surface area (Å²) in [5.41, 5.74) is 1.86. The number of hydrogen-bond acceptors (Lipinski definition) is 4. The van der Waals surface area contributed by atoms with Gasteiger partial charge >= 0.3 is 0 Å². The minimum Gasteiger partial charge on any atom is -0.489 e. The van der Waals surface area contributed by atoms with Crippen LogP contribution < -0.4 is 14.5 Å². The molecule has 1 aromatic rings. The lowest BCUT2D eigenvalue weighted by atomic mass is 10.0. The Morgan fingerprint density at radius 1 is 1.38 bits per heavy atom. The lowest BCUT2D eigenvalue weighted by Crippen LogP contribution is -2.43. The van der Waals surface area contributed by atoms with E-state index in [1.807, 2.05) is 37.2 Å². The van der Waals surface area contributed by atoms with Crippen molar-refractivity contribution in [3.05, 3.63) is 18.2 Å². The van der Waals surface area contributed by atoms with Crippen molar-refractivity contribution < 1.29 is 14.6 Å². The molecule has 1 aliphatic heterocycles. The van der Waals surface area contributed by atoms with E-state index in [2.05, 4.69) is 0 Å². The standard InChI is InChI=1S/C16H22N2O3/c1-17(2)11-6-7-13-15(10-11)21-9-8-18(13)16(20)12-4-3-5-14(12)19/h6-7,10,12,14,19H,3-5,8-9H2,1-2H3. The Morgan fingerprint density at radius 2 is 2.19 bits per heavy atom. The Hall–Kier alpha value is -1.75. The van der Waals surface area contributed by atoms with Crippen LogP contribution in [0.1, 0.15) is 19.3 Å². The molecule has 1 amide bonds. The van der Waals surface area contributed by atoms with Crippen LogP contribution in [-0.2, 0) is 4.79 Å². The van der Waals surface area contributed by atoms with E-state index in [9.17, 15) is 9.90 Å². The molecule has 114 valence electrons. The predicted molar refractivity (Wildman–Crippen MR) is 82.0 cm³/mol. The third kappa shape index (κ3) is 2.58. The first-order valence-corrected chi connectivity index (χ1v) is 7.51. The van der Waals surface area contributed by atoms with Crippen LogP contribution in [-0.4, -0.2) is 44.4 Å². The highest BCUT2D eigenvalue weighted by atomic mass is 16.5. The van der Waals surface area contributed by atoms with Gasteiger partial charge in [0.05, 0.1) is 24.3 Å². The molecule has 1 heterocycles. The van der Waals surface area contributed by atoms with Gasteiger partial charge in [-0.2, -0.15) is 0 Å². The minimum absolute atomic E-state index is 0.0298. The third-order valence-electron chi connectivity index (χ3n) is 4.39. The molecule has 5 nitrogen and oxygen atoms in total. The molecule has 0 aromatic heterocycles. The zero-order valence-electron chi connectivity index (χ0n) is 12.6. The fraction of sp³-hybridized carbons (Fsp3) is 0.562. The van der Waals surface area contributed by atoms with Gasteiger partial charge in [0.15, 0.2) is 0 Å². The average molecular weight is 290 g/mol. The Morgan fingerprint density at radius 3 is 2.86 bits per heavy atom. The van der Waals surface area contributed by atoms with Crippen LogP contribution in [0.3, 0.4) is 0 Å². The van der Waals surface area contributed by atoms with Crippen LogP contribution >= 0.6 is 0 Å². The maximum Gasteiger partial charge on any atom is 0.232 e. The van der Waals surface area contributed by atoms with Crippen LogP contribution in [0, 0.1) is 5.92 Å². The second kappa shape index (κ2) is 5.56. The highest BCUT2D eigenvalue weighted by Crippen LogP contribution is 2.37. The largest absolute Gasteiger partial charge is 0.489 e. The zero-order valence-corrected chi connectivity index (χ0v) is 12.6. The smallest absolute Gasteiger partial charge is 0.232 e. The van der Waals surface area contributed by atoms with Gasteiger partial charge in [-0.25, -0.2) is 0 Å². The van der Waals surface area contributed by atoms with Gasteiger partial charge < -0.3 is 19.6 Å². The number of ether oxygens (including phenoxy) is 1. The molecular formula is C16H22N2O3. The molecule has 1 aromatic carbocycles. The molecule has 0 spiro atoms. The molecule has 0 radical (unpaired) electrons. The molecule has 1 aliphatic carbocycles. The summed E-state index contributed by atoms with van der Waals surface area (Å²) in [6.45, 7) is 1.05. The Bertz CT molecular complexity index is 544. The molecular weight excluding hydrogens is 268 g/mol. The van der Waals surface area contributed by atoms with Gasteiger partial charge in [0, 0.05) is 25.8 Å². The minimum atomic E-state index is -0.496. The summed E-state index contributed by atoms with van der Waals surface area (Å²) < 4.78 is 5.70. The monoisotopic (exact) mass is 290 g/mol. The van der Waals surface area contributed by atoms with Crippen LogP contribution in [0.2, 0.25) is 0 Å². The maximum absolute atomic E-state index is 12.7. The van der Waals surface area contributed by atoms with Crippen molar-refractivity contribution in [2.24, 2.45) is 5.92 Å². The predicted octanol–water partition coefficient (Wildman–Crippen LogP) is 1.64. The summed E-state index contributed by atoms with van der Waals surface area (Å²) in [7, 11) is 3.95. The summed E-state index contributed by atoms with van der Waals surface area (Å²) in [5, 5.41) is 9.97. The lowest BCUT2D eigenvalue weighted by Gasteiger charge is -2.32. The van der Waals surface area contributed by atoms with Crippen molar-refractivity contribution >= 4 is 17.3 Å². The third-order valence-corrected chi connectivity index (χ3v) is 4.39. The van der Waals surface area contributed by atoms with Crippen LogP contribution in [0.5, 0.6) is 5.75 Å². The van der Waals surface area contributed by atoms with Crippen LogP contribution in [0.15, 0.2) is 18.2 Å². The molecule has 1 saturated carbocycles. The summed E-state index contributed by atoms with van der Waals surface area (Å²) in [5.74, 6) is 0.514. The number of carbonyl (C=O) groups is 1. The van der Waals surface area contributed by atoms with Gasteiger partial charge in [-0.05, 0) is 31.4 Å². The molecule has 0 saturated heterocycles. The summed E-state index contributed by atoms with van der Waals surface area (Å²) in [4.78, 5) is 16.5. The van der Waals surface area contributed by atoms with Crippen molar-refractivity contribution in [1.29, 1.82) is 0 Å². The van der Waals surface area contributed by atoms with Crippen LogP contribution in [0.25, 0.3) is 0 Å². The lowest BCUT2D eigenvalue weighted by molar-refractivity contribution is -0.125. The van der Waals surface area contributed by atoms with Crippen LogP contribution in [0.4, 0.5) is 11.4 Å². The van der Waals surface area contributed by atoms with E-state index in [1.54, 1.807) is 4.90 Å². The van der Waals surface area contributed by atoms with E-state index in [0.29, 0.717) is 13.2 Å². The van der Waals surface area contributed by atoms with E-state index in [-0.39, 0.29) is 11.8 Å². The van der Waals surface area contributed by atoms with Crippen molar-refractivity contribution in [2.75, 3.05) is 37.0 Å². The summed E-state index contributed by atoms with van der Waals surface area (Å²) in [6.07, 6.45) is 1.94. The van der Waals surface area contributed by atoms with E-state index >= 15 is 0 Å². The number of amides is 1. The normalized spacial score (nSPS) is 24.4. The topological polar surface area (TPSA) is 53.0 Å². The van der Waals surface area contributed by atoms with E-state index in [0.717, 1.165) is 36.4 Å². The van der Waals surface area contributed by atoms with Crippen molar-refractivity contribution in [3.63, 3.8) is 0 Å². The number of fused-ring (bicyclic) bond motifs is 1. The van der Waals surface area contributed by atoms with Gasteiger partial charge in [0.2, 0.25) is 5.91 Å². The van der Waals surface area contributed by atoms with Gasteiger partial charge in [0.25, 0.3) is 0 Å². The molecule has 1 N–H and O–H groups in total. The van der Waals surface area contributed by atoms with Gasteiger partial charge in [-0.3, -0.25) is 4.79 Å². The number of nitrogens with zero attached hydrogens (tertiary/aromatic N) is 2. The van der Waals surface area contributed by atoms with Crippen molar-refractivity contribution in [3.8, 4) is 5.75 Å². The number of carbonyl (C=O) groups excluding carboxylic acids is 1. The number of benzene rings is 1. The average Bonchev–Trinajstić information content (AvgIpc) is 2.91. The number of aliphatic hydroxyl groups excluding tert-OH is 1. The summed E-state index contributed by atoms with van der Waals surface area (Å²) >= 11 is 0. The van der Waals surface area contributed by atoms with Crippen molar-refractivity contribution in [2.45, 2.75) is 25.4 Å². The molecule has 21 heavy (non-hydrogen) atoms. The summed E-state index contributed by atoms with van der Waals surface area (Å²) in [6, 6.07) is 5.88. The van der Waals surface area contributed by atoms with E-state index in [1.165, 1.54) is 0 Å². The second-order valence-corrected chi connectivity index (χ2v) is 5.99. The SMILES string of the molecule is CN(C)c1ccc2c(c1)OCCN2C(=O)C1CCCC1O. The second-order valence-electron chi connectivity index (χ2n) is 5.99. The zero-order chi connectivity index (χ0) is 15.0. The fourth-order valence-electron chi connectivity index (χ4n) is 3.14. The molecule has 0 bridgehead atoms. The number of aliphatic hydroxyl groups is 1. The number of hydrogen-bond donors (Lipinski definition) is 1. The molecule has 2 atom stereocenters. The Balaban J connectivity index is 1.88. The van der Waals surface area contributed by atoms with E-state index < -0.39 is 6.10 Å². The van der Waals surface area contributed by atoms with Crippen molar-refractivity contribution in [1.82, 2.24) is 0 Å². The first kappa shape index (κ1) is 14.2. The maximum atomic E-state index is 12.7. The highest BCUT2D eigenvalue weighted by Gasteiger charge is 2.36. The molecule has 2 unspecified atom stereocenters. The fourth-order valence-corrected chi connectivity index (χ4v) is 3.14. The number of rotatable bonds is 2. The first-order valence-electron chi connectivity index (χ1n) is 7.51. The molecule has 3 rings (SSSR count). The van der Waals surface area contributed by atoms with Gasteiger partial charge in [-0.15, -0.1) is 0 Å². The first-order chi connectivity index (χ1) is 10.1. The molecule has 5 heteroatoms. The number of anilines is 2. The van der Waals surface area contributed by atoms with E-state index in [4.69, 9.17) is 4.74 Å². The Kier molecular flexibility index (Phi) is 3.76. The van der Waals surface area contributed by atoms with Gasteiger partial charge in [0.1, 0.15) is 12.4 Å². The highest BCUT2D eigenvalue weighted by molar-refractivity contribution is 5.97. The van der Waals surface area contributed by atoms with Gasteiger partial charge in [-0.1, -0.05) is 0 Å². The molecule has 2 aliphatic rings. The quantitative estimate of drug-likeness (QED) is 0.899. The molecule has 1 fully saturated rings. The Labute approximate surface area is 125 Å².